The molecule has 0 unspecified atom stereocenters. The summed E-state index contributed by atoms with van der Waals surface area (Å²) in [5.74, 6) is 0. The van der Waals surface area contributed by atoms with E-state index in [1.165, 1.54) is 25.3 Å². The van der Waals surface area contributed by atoms with Gasteiger partial charge in [0.2, 0.25) is 0 Å². The van der Waals surface area contributed by atoms with Crippen molar-refractivity contribution in [1.82, 2.24) is 0 Å². The van der Waals surface area contributed by atoms with Crippen molar-refractivity contribution in [2.75, 3.05) is 0 Å². The average molecular weight is 292 g/mol. The molecule has 1 N–H and O–H groups in total. The van der Waals surface area contributed by atoms with E-state index in [4.69, 9.17) is 0 Å². The highest BCUT2D eigenvalue weighted by atomic mass is 32.2. The minimum absolute atomic E-state index is 0.00888. The molecule has 20 heavy (non-hydrogen) atoms. The maximum Gasteiger partial charge on any atom is 0.295 e. The number of hydrogen-bond acceptors (Lipinski definition) is 2. The van der Waals surface area contributed by atoms with E-state index in [1.807, 2.05) is 18.2 Å². The summed E-state index contributed by atoms with van der Waals surface area (Å²) in [6, 6.07) is 10.7. The average Bonchev–Trinajstić information content (AvgIpc) is 2.42. The lowest BCUT2D eigenvalue weighted by molar-refractivity contribution is 0.484. The molecule has 2 rings (SSSR count). The highest BCUT2D eigenvalue weighted by Crippen LogP contribution is 2.26. The molecule has 0 aliphatic rings. The van der Waals surface area contributed by atoms with Gasteiger partial charge in [0, 0.05) is 5.39 Å². The molecule has 0 aromatic heterocycles. The van der Waals surface area contributed by atoms with Gasteiger partial charge in [-0.2, -0.15) is 8.42 Å². The smallest absolute Gasteiger partial charge is 0.282 e. The van der Waals surface area contributed by atoms with Gasteiger partial charge in [-0.25, -0.2) is 0 Å². The van der Waals surface area contributed by atoms with E-state index < -0.39 is 10.1 Å². The fourth-order valence-corrected chi connectivity index (χ4v) is 3.24. The van der Waals surface area contributed by atoms with Crippen molar-refractivity contribution in [3.05, 3.63) is 42.0 Å². The van der Waals surface area contributed by atoms with Crippen LogP contribution in [0, 0.1) is 0 Å². The summed E-state index contributed by atoms with van der Waals surface area (Å²) >= 11 is 0. The zero-order valence-corrected chi connectivity index (χ0v) is 12.5. The molecule has 3 nitrogen and oxygen atoms in total. The van der Waals surface area contributed by atoms with E-state index in [0.29, 0.717) is 5.39 Å². The van der Waals surface area contributed by atoms with Gasteiger partial charge in [-0.3, -0.25) is 4.55 Å². The predicted molar refractivity (Wildman–Crippen MR) is 81.6 cm³/mol. The Balaban J connectivity index is 2.38. The Morgan fingerprint density at radius 3 is 2.35 bits per heavy atom. The van der Waals surface area contributed by atoms with Crippen LogP contribution in [0.1, 0.15) is 38.2 Å². The summed E-state index contributed by atoms with van der Waals surface area (Å²) in [5, 5.41) is 1.52. The van der Waals surface area contributed by atoms with Crippen LogP contribution in [0.3, 0.4) is 0 Å². The fraction of sp³-hybridized carbons (Fsp3) is 0.375. The van der Waals surface area contributed by atoms with E-state index >= 15 is 0 Å². The summed E-state index contributed by atoms with van der Waals surface area (Å²) in [6.45, 7) is 2.18. The molecule has 0 atom stereocenters. The summed E-state index contributed by atoms with van der Waals surface area (Å²) in [6.07, 6.45) is 5.64. The number of rotatable bonds is 6. The van der Waals surface area contributed by atoms with Gasteiger partial charge in [-0.1, -0.05) is 56.5 Å². The quantitative estimate of drug-likeness (QED) is 0.641. The number of aryl methyl sites for hydroxylation is 1. The molecule has 0 amide bonds. The molecule has 0 spiro atoms. The monoisotopic (exact) mass is 292 g/mol. The van der Waals surface area contributed by atoms with Crippen molar-refractivity contribution < 1.29 is 13.0 Å². The lowest BCUT2D eigenvalue weighted by Crippen LogP contribution is -1.99. The number of hydrogen-bond donors (Lipinski definition) is 1. The fourth-order valence-electron chi connectivity index (χ4n) is 2.53. The number of unbranched alkanes of at least 4 members (excludes halogenated alkanes) is 3. The second kappa shape index (κ2) is 6.37. The van der Waals surface area contributed by atoms with Gasteiger partial charge in [0.05, 0.1) is 0 Å². The maximum atomic E-state index is 11.4. The van der Waals surface area contributed by atoms with Crippen molar-refractivity contribution in [1.29, 1.82) is 0 Å². The second-order valence-corrected chi connectivity index (χ2v) is 6.44. The Morgan fingerprint density at radius 2 is 1.65 bits per heavy atom. The molecule has 0 fully saturated rings. The molecular weight excluding hydrogens is 272 g/mol. The van der Waals surface area contributed by atoms with Crippen LogP contribution in [0.4, 0.5) is 0 Å². The Bertz CT molecular complexity index is 690. The van der Waals surface area contributed by atoms with Gasteiger partial charge in [0.25, 0.3) is 10.1 Å². The summed E-state index contributed by atoms with van der Waals surface area (Å²) in [5.41, 5.74) is 1.14. The van der Waals surface area contributed by atoms with Gasteiger partial charge in [-0.15, -0.1) is 0 Å². The first-order valence-corrected chi connectivity index (χ1v) is 8.46. The predicted octanol–water partition coefficient (Wildman–Crippen LogP) is 4.21. The van der Waals surface area contributed by atoms with Crippen LogP contribution in [0.5, 0.6) is 0 Å². The number of benzene rings is 2. The van der Waals surface area contributed by atoms with Crippen LogP contribution in [-0.4, -0.2) is 13.0 Å². The lowest BCUT2D eigenvalue weighted by atomic mass is 9.99. The topological polar surface area (TPSA) is 54.4 Å². The second-order valence-electron chi connectivity index (χ2n) is 5.05. The van der Waals surface area contributed by atoms with Crippen LogP contribution in [0.15, 0.2) is 41.3 Å². The highest BCUT2D eigenvalue weighted by molar-refractivity contribution is 7.86. The largest absolute Gasteiger partial charge is 0.295 e. The van der Waals surface area contributed by atoms with Gasteiger partial charge in [-0.05, 0) is 29.9 Å². The maximum absolute atomic E-state index is 11.4. The van der Waals surface area contributed by atoms with Gasteiger partial charge >= 0.3 is 0 Å². The van der Waals surface area contributed by atoms with Crippen LogP contribution in [0.2, 0.25) is 0 Å². The SMILES string of the molecule is CCCCCCc1cccc2c(S(=O)(=O)O)cccc12. The van der Waals surface area contributed by atoms with E-state index in [1.54, 1.807) is 12.1 Å². The summed E-state index contributed by atoms with van der Waals surface area (Å²) in [4.78, 5) is -0.00888. The Morgan fingerprint density at radius 1 is 0.950 bits per heavy atom. The van der Waals surface area contributed by atoms with Crippen molar-refractivity contribution in [2.45, 2.75) is 43.9 Å². The first kappa shape index (κ1) is 15.0. The van der Waals surface area contributed by atoms with E-state index in [0.717, 1.165) is 23.8 Å². The van der Waals surface area contributed by atoms with Crippen LogP contribution >= 0.6 is 0 Å². The molecular formula is C16H20O3S. The lowest BCUT2D eigenvalue weighted by Gasteiger charge is -2.09. The zero-order chi connectivity index (χ0) is 14.6. The standard InChI is InChI=1S/C16H20O3S/c1-2-3-4-5-8-13-9-6-11-15-14(13)10-7-12-16(15)20(17,18)19/h6-7,9-12H,2-5,8H2,1H3,(H,17,18,19). The molecule has 108 valence electrons. The minimum Gasteiger partial charge on any atom is -0.282 e. The Labute approximate surface area is 120 Å². The molecule has 2 aromatic carbocycles. The third kappa shape index (κ3) is 3.38. The van der Waals surface area contributed by atoms with Crippen molar-refractivity contribution in [2.24, 2.45) is 0 Å². The highest BCUT2D eigenvalue weighted by Gasteiger charge is 2.14. The van der Waals surface area contributed by atoms with Gasteiger partial charge in [0.15, 0.2) is 0 Å². The Hall–Kier alpha value is -1.39. The first-order valence-electron chi connectivity index (χ1n) is 7.02. The minimum atomic E-state index is -4.18. The van der Waals surface area contributed by atoms with E-state index in [9.17, 15) is 13.0 Å². The van der Waals surface area contributed by atoms with Gasteiger partial charge < -0.3 is 0 Å². The van der Waals surface area contributed by atoms with Crippen molar-refractivity contribution in [3.63, 3.8) is 0 Å². The zero-order valence-electron chi connectivity index (χ0n) is 11.7. The van der Waals surface area contributed by atoms with Crippen LogP contribution < -0.4 is 0 Å². The number of fused-ring (bicyclic) bond motifs is 1. The van der Waals surface area contributed by atoms with Crippen LogP contribution in [-0.2, 0) is 16.5 Å². The molecule has 0 heterocycles. The molecule has 2 aromatic rings. The van der Waals surface area contributed by atoms with E-state index in [2.05, 4.69) is 6.92 Å². The molecule has 0 saturated carbocycles. The Kier molecular flexibility index (Phi) is 4.78. The molecule has 0 aliphatic heterocycles. The molecule has 0 bridgehead atoms. The third-order valence-corrected chi connectivity index (χ3v) is 4.46. The summed E-state index contributed by atoms with van der Waals surface area (Å²) < 4.78 is 32.1. The molecule has 0 saturated heterocycles. The summed E-state index contributed by atoms with van der Waals surface area (Å²) in [7, 11) is -4.18. The first-order chi connectivity index (χ1) is 9.54. The van der Waals surface area contributed by atoms with Crippen molar-refractivity contribution >= 4 is 20.9 Å². The van der Waals surface area contributed by atoms with E-state index in [-0.39, 0.29) is 4.90 Å². The molecule has 4 heteroatoms. The third-order valence-electron chi connectivity index (χ3n) is 3.55. The van der Waals surface area contributed by atoms with Crippen LogP contribution in [0.25, 0.3) is 10.8 Å². The van der Waals surface area contributed by atoms with Gasteiger partial charge in [0.1, 0.15) is 4.90 Å². The van der Waals surface area contributed by atoms with Crippen molar-refractivity contribution in [3.8, 4) is 0 Å². The molecule has 0 aliphatic carbocycles. The normalized spacial score (nSPS) is 11.9. The molecule has 0 radical (unpaired) electrons.